The van der Waals surface area contributed by atoms with Gasteiger partial charge in [-0.2, -0.15) is 0 Å². The maximum Gasteiger partial charge on any atom is 0.232 e. The fraction of sp³-hybridized carbons (Fsp3) is 0.462. The van der Waals surface area contributed by atoms with Gasteiger partial charge in [-0.1, -0.05) is 0 Å². The number of nitrogens with zero attached hydrogens (tertiary/aromatic N) is 1. The number of nitrogens with one attached hydrogen (secondary N) is 1. The molecule has 0 aromatic heterocycles. The zero-order valence-electron chi connectivity index (χ0n) is 12.4. The highest BCUT2D eigenvalue weighted by Gasteiger charge is 2.25. The van der Waals surface area contributed by atoms with Crippen LogP contribution in [0.25, 0.3) is 0 Å². The number of halogens is 3. The standard InChI is InChI=1S/C13H17F3N2O3S/c1-8(2)17-11(19)6-7-18(22(3,20)21)10-5-4-9(14)12(15)13(10)16/h4-5,8H,6-7H2,1-3H3,(H,17,19). The first-order chi connectivity index (χ1) is 10.0. The lowest BCUT2D eigenvalue weighted by atomic mass is 10.2. The number of carbonyl (C=O) groups is 1. The van der Waals surface area contributed by atoms with Crippen LogP contribution < -0.4 is 9.62 Å². The van der Waals surface area contributed by atoms with Gasteiger partial charge in [-0.25, -0.2) is 21.6 Å². The number of benzene rings is 1. The van der Waals surface area contributed by atoms with E-state index in [1.807, 2.05) is 0 Å². The molecule has 124 valence electrons. The van der Waals surface area contributed by atoms with Gasteiger partial charge < -0.3 is 5.32 Å². The molecule has 0 atom stereocenters. The highest BCUT2D eigenvalue weighted by Crippen LogP contribution is 2.25. The summed E-state index contributed by atoms with van der Waals surface area (Å²) in [5.74, 6) is -5.24. The van der Waals surface area contributed by atoms with E-state index in [1.165, 1.54) is 0 Å². The van der Waals surface area contributed by atoms with Gasteiger partial charge >= 0.3 is 0 Å². The minimum atomic E-state index is -3.97. The van der Waals surface area contributed by atoms with Crippen molar-refractivity contribution >= 4 is 21.6 Å². The summed E-state index contributed by atoms with van der Waals surface area (Å²) in [5, 5.41) is 2.55. The molecule has 1 rings (SSSR count). The summed E-state index contributed by atoms with van der Waals surface area (Å²) < 4.78 is 63.9. The van der Waals surface area contributed by atoms with Gasteiger partial charge in [0.25, 0.3) is 0 Å². The number of anilines is 1. The van der Waals surface area contributed by atoms with Gasteiger partial charge in [-0.15, -0.1) is 0 Å². The molecular formula is C13H17F3N2O3S. The number of sulfonamides is 1. The van der Waals surface area contributed by atoms with Gasteiger partial charge in [0.1, 0.15) is 0 Å². The molecule has 1 amide bonds. The molecule has 0 unspecified atom stereocenters. The molecule has 0 radical (unpaired) electrons. The highest BCUT2D eigenvalue weighted by molar-refractivity contribution is 7.92. The van der Waals surface area contributed by atoms with Gasteiger partial charge in [0.2, 0.25) is 15.9 Å². The van der Waals surface area contributed by atoms with E-state index in [0.29, 0.717) is 10.4 Å². The molecular weight excluding hydrogens is 321 g/mol. The molecule has 0 saturated carbocycles. The first-order valence-electron chi connectivity index (χ1n) is 6.44. The van der Waals surface area contributed by atoms with Gasteiger partial charge in [-0.05, 0) is 26.0 Å². The minimum Gasteiger partial charge on any atom is -0.354 e. The maximum absolute atomic E-state index is 13.8. The van der Waals surface area contributed by atoms with Crippen LogP contribution >= 0.6 is 0 Å². The zero-order valence-corrected chi connectivity index (χ0v) is 13.2. The third-order valence-electron chi connectivity index (χ3n) is 2.68. The second-order valence-corrected chi connectivity index (χ2v) is 6.91. The van der Waals surface area contributed by atoms with Gasteiger partial charge in [-0.3, -0.25) is 9.10 Å². The molecule has 5 nitrogen and oxygen atoms in total. The van der Waals surface area contributed by atoms with E-state index in [1.54, 1.807) is 13.8 Å². The topological polar surface area (TPSA) is 66.5 Å². The molecule has 0 spiro atoms. The summed E-state index contributed by atoms with van der Waals surface area (Å²) in [6.07, 6.45) is 0.539. The Labute approximate surface area is 127 Å². The van der Waals surface area contributed by atoms with Crippen molar-refractivity contribution in [1.29, 1.82) is 0 Å². The normalized spacial score (nSPS) is 11.6. The van der Waals surface area contributed by atoms with Gasteiger partial charge in [0.15, 0.2) is 17.5 Å². The molecule has 0 fully saturated rings. The van der Waals surface area contributed by atoms with E-state index in [-0.39, 0.29) is 19.0 Å². The average Bonchev–Trinajstić information content (AvgIpc) is 2.36. The summed E-state index contributed by atoms with van der Waals surface area (Å²) in [4.78, 5) is 11.6. The Morgan fingerprint density at radius 1 is 1.23 bits per heavy atom. The first kappa shape index (κ1) is 18.3. The fourth-order valence-corrected chi connectivity index (χ4v) is 2.69. The number of hydrogen-bond donors (Lipinski definition) is 1. The van der Waals surface area contributed by atoms with E-state index >= 15 is 0 Å². The van der Waals surface area contributed by atoms with Crippen LogP contribution in [0, 0.1) is 17.5 Å². The van der Waals surface area contributed by atoms with Crippen molar-refractivity contribution in [3.63, 3.8) is 0 Å². The highest BCUT2D eigenvalue weighted by atomic mass is 32.2. The summed E-state index contributed by atoms with van der Waals surface area (Å²) in [5.41, 5.74) is -0.640. The van der Waals surface area contributed by atoms with E-state index < -0.39 is 39.1 Å². The number of amides is 1. The zero-order chi connectivity index (χ0) is 17.1. The lowest BCUT2D eigenvalue weighted by Crippen LogP contribution is -2.37. The summed E-state index contributed by atoms with van der Waals surface area (Å²) in [6, 6.07) is 1.30. The van der Waals surface area contributed by atoms with Crippen molar-refractivity contribution in [2.75, 3.05) is 17.1 Å². The molecule has 1 aromatic rings. The van der Waals surface area contributed by atoms with Crippen molar-refractivity contribution in [2.45, 2.75) is 26.3 Å². The molecule has 0 bridgehead atoms. The third-order valence-corrected chi connectivity index (χ3v) is 3.86. The Kier molecular flexibility index (Phi) is 5.81. The molecule has 1 aromatic carbocycles. The number of rotatable bonds is 6. The Bertz CT molecular complexity index is 663. The Hall–Kier alpha value is -1.77. The molecule has 0 heterocycles. The summed E-state index contributed by atoms with van der Waals surface area (Å²) in [7, 11) is -3.97. The van der Waals surface area contributed by atoms with Crippen LogP contribution in [0.2, 0.25) is 0 Å². The van der Waals surface area contributed by atoms with E-state index in [0.717, 1.165) is 12.3 Å². The summed E-state index contributed by atoms with van der Waals surface area (Å²) >= 11 is 0. The smallest absolute Gasteiger partial charge is 0.232 e. The minimum absolute atomic E-state index is 0.140. The van der Waals surface area contributed by atoms with Crippen LogP contribution in [-0.4, -0.2) is 33.2 Å². The summed E-state index contributed by atoms with van der Waals surface area (Å²) in [6.45, 7) is 3.06. The Balaban J connectivity index is 3.06. The lowest BCUT2D eigenvalue weighted by molar-refractivity contribution is -0.121. The van der Waals surface area contributed by atoms with Crippen molar-refractivity contribution in [3.8, 4) is 0 Å². The SMILES string of the molecule is CC(C)NC(=O)CCN(c1ccc(F)c(F)c1F)S(C)(=O)=O. The van der Waals surface area contributed by atoms with Crippen molar-refractivity contribution in [1.82, 2.24) is 5.32 Å². The molecule has 0 aliphatic rings. The molecule has 22 heavy (non-hydrogen) atoms. The molecule has 0 aliphatic heterocycles. The molecule has 1 N–H and O–H groups in total. The monoisotopic (exact) mass is 338 g/mol. The Morgan fingerprint density at radius 3 is 2.32 bits per heavy atom. The molecule has 0 saturated heterocycles. The first-order valence-corrected chi connectivity index (χ1v) is 8.29. The van der Waals surface area contributed by atoms with Gasteiger partial charge in [0.05, 0.1) is 11.9 Å². The van der Waals surface area contributed by atoms with Crippen molar-refractivity contribution in [3.05, 3.63) is 29.6 Å². The van der Waals surface area contributed by atoms with Crippen LogP contribution in [0.1, 0.15) is 20.3 Å². The van der Waals surface area contributed by atoms with Crippen LogP contribution in [0.15, 0.2) is 12.1 Å². The fourth-order valence-electron chi connectivity index (χ4n) is 1.77. The largest absolute Gasteiger partial charge is 0.354 e. The van der Waals surface area contributed by atoms with Gasteiger partial charge in [0, 0.05) is 19.0 Å². The predicted octanol–water partition coefficient (Wildman–Crippen LogP) is 1.78. The maximum atomic E-state index is 13.8. The van der Waals surface area contributed by atoms with Crippen LogP contribution in [0.4, 0.5) is 18.9 Å². The van der Waals surface area contributed by atoms with E-state index in [9.17, 15) is 26.4 Å². The van der Waals surface area contributed by atoms with Crippen LogP contribution in [0.5, 0.6) is 0 Å². The third kappa shape index (κ3) is 4.62. The number of carbonyl (C=O) groups excluding carboxylic acids is 1. The van der Waals surface area contributed by atoms with E-state index in [4.69, 9.17) is 0 Å². The molecule has 0 aliphatic carbocycles. The number of hydrogen-bond acceptors (Lipinski definition) is 3. The van der Waals surface area contributed by atoms with Crippen LogP contribution in [0.3, 0.4) is 0 Å². The molecule has 9 heteroatoms. The average molecular weight is 338 g/mol. The Morgan fingerprint density at radius 2 is 1.82 bits per heavy atom. The predicted molar refractivity (Wildman–Crippen MR) is 76.4 cm³/mol. The van der Waals surface area contributed by atoms with Crippen molar-refractivity contribution < 1.29 is 26.4 Å². The lowest BCUT2D eigenvalue weighted by Gasteiger charge is -2.23. The second-order valence-electron chi connectivity index (χ2n) is 5.00. The second kappa shape index (κ2) is 6.99. The van der Waals surface area contributed by atoms with Crippen LogP contribution in [-0.2, 0) is 14.8 Å². The quantitative estimate of drug-likeness (QED) is 0.804. The van der Waals surface area contributed by atoms with E-state index in [2.05, 4.69) is 5.32 Å². The van der Waals surface area contributed by atoms with Crippen molar-refractivity contribution in [2.24, 2.45) is 0 Å².